The molecule has 254 valence electrons. The predicted octanol–water partition coefficient (Wildman–Crippen LogP) is 14.4. The van der Waals surface area contributed by atoms with E-state index in [9.17, 15) is 8.22 Å². The van der Waals surface area contributed by atoms with Gasteiger partial charge >= 0.3 is 0 Å². The van der Waals surface area contributed by atoms with Crippen LogP contribution in [0.1, 0.15) is 17.8 Å². The molecule has 0 fully saturated rings. The van der Waals surface area contributed by atoms with Crippen LogP contribution in [0.25, 0.3) is 71.6 Å². The average molecular weight is 702 g/mol. The lowest BCUT2D eigenvalue weighted by molar-refractivity contribution is 1.20. The summed E-state index contributed by atoms with van der Waals surface area (Å²) < 4.78 is 120. The summed E-state index contributed by atoms with van der Waals surface area (Å²) in [5, 5.41) is 3.83. The summed E-state index contributed by atoms with van der Waals surface area (Å²) in [7, 11) is 0. The van der Waals surface area contributed by atoms with Gasteiger partial charge in [-0.3, -0.25) is 0 Å². The van der Waals surface area contributed by atoms with E-state index in [0.717, 1.165) is 49.4 Å². The Morgan fingerprint density at radius 1 is 0.389 bits per heavy atom. The van der Waals surface area contributed by atoms with Crippen LogP contribution >= 0.6 is 0 Å². The standard InChI is InChI=1S/C52H36N2/c1-3-14-37(15-4-1)38-26-31-43(32-27-38)53(49-23-11-9-21-45(49)40-16-5-2-6-17-40)44-33-28-39(29-34-44)42-30-35-52-48(36-42)47-22-10-12-24-51(47)54(52)50-25-13-19-41-18-7-8-20-46(41)50/h1-36H/i2D,5D,6D,9D,11D,16D,17D,21D,23D,28D,29D,33D,34D. The Balaban J connectivity index is 1.24. The molecule has 0 aliphatic carbocycles. The molecule has 0 saturated carbocycles. The molecule has 0 unspecified atom stereocenters. The van der Waals surface area contributed by atoms with Crippen molar-refractivity contribution >= 4 is 49.6 Å². The highest BCUT2D eigenvalue weighted by atomic mass is 15.1. The first-order chi connectivity index (χ1) is 32.2. The largest absolute Gasteiger partial charge is 0.310 e. The summed E-state index contributed by atoms with van der Waals surface area (Å²) >= 11 is 0. The van der Waals surface area contributed by atoms with Crippen LogP contribution in [0.4, 0.5) is 17.1 Å². The molecule has 0 atom stereocenters. The molecule has 0 aliphatic heterocycles. The summed E-state index contributed by atoms with van der Waals surface area (Å²) in [4.78, 5) is 1.17. The van der Waals surface area contributed by atoms with Crippen molar-refractivity contribution < 1.29 is 17.8 Å². The molecule has 0 N–H and O–H groups in total. The monoisotopic (exact) mass is 701 g/mol. The first kappa shape index (κ1) is 20.8. The van der Waals surface area contributed by atoms with E-state index in [4.69, 9.17) is 9.60 Å². The molecule has 0 spiro atoms. The van der Waals surface area contributed by atoms with Crippen LogP contribution in [0.15, 0.2) is 218 Å². The average Bonchev–Trinajstić information content (AvgIpc) is 3.68. The maximum atomic E-state index is 9.70. The number of benzene rings is 9. The van der Waals surface area contributed by atoms with E-state index in [1.807, 2.05) is 84.9 Å². The van der Waals surface area contributed by atoms with E-state index in [0.29, 0.717) is 5.56 Å². The van der Waals surface area contributed by atoms with E-state index in [1.54, 1.807) is 30.3 Å². The van der Waals surface area contributed by atoms with Crippen LogP contribution in [0.5, 0.6) is 0 Å². The highest BCUT2D eigenvalue weighted by Crippen LogP contribution is 2.42. The minimum absolute atomic E-state index is 0.0113. The third-order valence-corrected chi connectivity index (χ3v) is 9.68. The van der Waals surface area contributed by atoms with Gasteiger partial charge < -0.3 is 9.47 Å². The van der Waals surface area contributed by atoms with Crippen molar-refractivity contribution in [3.05, 3.63) is 218 Å². The van der Waals surface area contributed by atoms with Crippen LogP contribution in [-0.4, -0.2) is 4.57 Å². The zero-order valence-electron chi connectivity index (χ0n) is 41.7. The number of fused-ring (bicyclic) bond motifs is 4. The van der Waals surface area contributed by atoms with E-state index in [2.05, 4.69) is 28.8 Å². The number of hydrogen-bond donors (Lipinski definition) is 0. The Labute approximate surface area is 333 Å². The minimum Gasteiger partial charge on any atom is -0.310 e. The van der Waals surface area contributed by atoms with Gasteiger partial charge in [-0.1, -0.05) is 164 Å². The number of nitrogens with zero attached hydrogens (tertiary/aromatic N) is 2. The van der Waals surface area contributed by atoms with Gasteiger partial charge in [0.1, 0.15) is 0 Å². The lowest BCUT2D eigenvalue weighted by Gasteiger charge is -2.28. The quantitative estimate of drug-likeness (QED) is 0.161. The molecule has 10 aromatic rings. The number of anilines is 3. The van der Waals surface area contributed by atoms with Crippen molar-refractivity contribution in [3.8, 4) is 39.1 Å². The van der Waals surface area contributed by atoms with Gasteiger partial charge in [-0.15, -0.1) is 0 Å². The third kappa shape index (κ3) is 5.53. The maximum Gasteiger partial charge on any atom is 0.0645 e. The van der Waals surface area contributed by atoms with Gasteiger partial charge in [0.25, 0.3) is 0 Å². The molecule has 1 heterocycles. The molecule has 0 aliphatic rings. The summed E-state index contributed by atoms with van der Waals surface area (Å²) in [5.41, 5.74) is 3.07. The second-order valence-electron chi connectivity index (χ2n) is 12.8. The Morgan fingerprint density at radius 2 is 1.04 bits per heavy atom. The van der Waals surface area contributed by atoms with Crippen molar-refractivity contribution in [1.82, 2.24) is 4.57 Å². The SMILES string of the molecule is [2H]c1c([2H])c([2H])c(-c2c([2H])c([2H])c([2H])c([2H])c2N(c2ccc(-c3ccccc3)cc2)c2c([2H])c([2H])c(-c3ccc4c(c3)c3ccccc3n4-c3cccc4ccccc34)c([2H])c2[2H])c([2H])c1[2H]. The highest BCUT2D eigenvalue weighted by molar-refractivity contribution is 6.11. The van der Waals surface area contributed by atoms with Crippen molar-refractivity contribution in [2.24, 2.45) is 0 Å². The van der Waals surface area contributed by atoms with E-state index >= 15 is 0 Å². The number of para-hydroxylation sites is 2. The second-order valence-corrected chi connectivity index (χ2v) is 12.8. The van der Waals surface area contributed by atoms with Crippen LogP contribution in [0.2, 0.25) is 0 Å². The Bertz CT molecular complexity index is 3620. The zero-order valence-corrected chi connectivity index (χ0v) is 28.7. The van der Waals surface area contributed by atoms with Crippen LogP contribution in [0, 0.1) is 0 Å². The van der Waals surface area contributed by atoms with Crippen molar-refractivity contribution in [2.45, 2.75) is 0 Å². The third-order valence-electron chi connectivity index (χ3n) is 9.68. The van der Waals surface area contributed by atoms with E-state index in [-0.39, 0.29) is 11.3 Å². The van der Waals surface area contributed by atoms with Crippen molar-refractivity contribution in [3.63, 3.8) is 0 Å². The maximum absolute atomic E-state index is 9.70. The first-order valence-corrected chi connectivity index (χ1v) is 17.5. The molecule has 9 aromatic carbocycles. The van der Waals surface area contributed by atoms with Crippen LogP contribution < -0.4 is 4.90 Å². The fraction of sp³-hybridized carbons (Fsp3) is 0. The molecule has 0 saturated heterocycles. The van der Waals surface area contributed by atoms with Crippen molar-refractivity contribution in [2.75, 3.05) is 4.90 Å². The second kappa shape index (κ2) is 13.4. The topological polar surface area (TPSA) is 8.17 Å². The number of aromatic nitrogens is 1. The van der Waals surface area contributed by atoms with Gasteiger partial charge in [-0.05, 0) is 87.7 Å². The molecule has 1 aromatic heterocycles. The molecule has 0 bridgehead atoms. The Hall–Kier alpha value is -7.16. The molecule has 54 heavy (non-hydrogen) atoms. The van der Waals surface area contributed by atoms with Crippen LogP contribution in [0.3, 0.4) is 0 Å². The normalized spacial score (nSPS) is 14.7. The van der Waals surface area contributed by atoms with Gasteiger partial charge in [0.05, 0.1) is 40.2 Å². The van der Waals surface area contributed by atoms with E-state index < -0.39 is 101 Å². The van der Waals surface area contributed by atoms with Crippen molar-refractivity contribution in [1.29, 1.82) is 0 Å². The van der Waals surface area contributed by atoms with Gasteiger partial charge in [0.2, 0.25) is 0 Å². The zero-order chi connectivity index (χ0) is 47.2. The van der Waals surface area contributed by atoms with Crippen LogP contribution in [-0.2, 0) is 0 Å². The Kier molecular flexibility index (Phi) is 5.17. The van der Waals surface area contributed by atoms with Gasteiger partial charge in [-0.2, -0.15) is 0 Å². The van der Waals surface area contributed by atoms with Gasteiger partial charge in [0, 0.05) is 33.1 Å². The lowest BCUT2D eigenvalue weighted by Crippen LogP contribution is -2.11. The summed E-state index contributed by atoms with van der Waals surface area (Å²) in [6.45, 7) is 0. The summed E-state index contributed by atoms with van der Waals surface area (Å²) in [6.07, 6.45) is 0. The lowest BCUT2D eigenvalue weighted by atomic mass is 10.00. The molecular weight excluding hydrogens is 653 g/mol. The van der Waals surface area contributed by atoms with E-state index in [1.165, 1.54) is 4.90 Å². The molecule has 10 rings (SSSR count). The van der Waals surface area contributed by atoms with Gasteiger partial charge in [0.15, 0.2) is 0 Å². The molecular formula is C52H36N2. The predicted molar refractivity (Wildman–Crippen MR) is 229 cm³/mol. The minimum atomic E-state index is -0.748. The molecule has 0 amide bonds. The fourth-order valence-corrected chi connectivity index (χ4v) is 7.19. The molecule has 0 radical (unpaired) electrons. The Morgan fingerprint density at radius 3 is 1.87 bits per heavy atom. The summed E-state index contributed by atoms with van der Waals surface area (Å²) in [5.74, 6) is 0. The molecule has 2 heteroatoms. The highest BCUT2D eigenvalue weighted by Gasteiger charge is 2.19. The van der Waals surface area contributed by atoms with Gasteiger partial charge in [-0.25, -0.2) is 0 Å². The smallest absolute Gasteiger partial charge is 0.0645 e. The fourth-order valence-electron chi connectivity index (χ4n) is 7.19. The number of rotatable bonds is 7. The molecule has 2 nitrogen and oxygen atoms in total. The summed E-state index contributed by atoms with van der Waals surface area (Å²) in [6, 6.07) is 35.2. The first-order valence-electron chi connectivity index (χ1n) is 24.0. The number of hydrogen-bond acceptors (Lipinski definition) is 1.